The van der Waals surface area contributed by atoms with Crippen LogP contribution in [0.3, 0.4) is 0 Å². The van der Waals surface area contributed by atoms with Gasteiger partial charge in [-0.15, -0.1) is 0 Å². The smallest absolute Gasteiger partial charge is 0.374 e. The Morgan fingerprint density at radius 3 is 1.04 bits per heavy atom. The van der Waals surface area contributed by atoms with Crippen molar-refractivity contribution in [1.29, 1.82) is 0 Å². The summed E-state index contributed by atoms with van der Waals surface area (Å²) < 4.78 is 19.1. The first-order chi connectivity index (χ1) is 13.7. The molecule has 0 aliphatic carbocycles. The Labute approximate surface area is 191 Å². The van der Waals surface area contributed by atoms with E-state index < -0.39 is 8.80 Å². The van der Waals surface area contributed by atoms with Gasteiger partial charge in [0.2, 0.25) is 0 Å². The number of hydrogen-bond acceptors (Lipinski definition) is 3. The van der Waals surface area contributed by atoms with E-state index in [1.807, 2.05) is 20.8 Å². The molecule has 170 valence electrons. The van der Waals surface area contributed by atoms with E-state index in [0.717, 1.165) is 6.04 Å². The highest BCUT2D eigenvalue weighted by molar-refractivity contribution is 14.1. The van der Waals surface area contributed by atoms with Crippen molar-refractivity contribution >= 4 is 31.4 Å². The van der Waals surface area contributed by atoms with E-state index in [-0.39, 0.29) is 0 Å². The lowest BCUT2D eigenvalue weighted by atomic mass is 10.0. The molecule has 0 spiro atoms. The molecule has 0 rings (SSSR count). The topological polar surface area (TPSA) is 27.7 Å². The molecule has 3 nitrogen and oxygen atoms in total. The van der Waals surface area contributed by atoms with Gasteiger partial charge in [-0.1, -0.05) is 106 Å². The zero-order chi connectivity index (χ0) is 20.8. The Morgan fingerprint density at radius 1 is 0.464 bits per heavy atom. The van der Waals surface area contributed by atoms with Crippen LogP contribution in [0.1, 0.15) is 117 Å². The van der Waals surface area contributed by atoms with Gasteiger partial charge in [0.1, 0.15) is 0 Å². The second kappa shape index (κ2) is 22.5. The third kappa shape index (κ3) is 17.7. The fourth-order valence-corrected chi connectivity index (χ4v) is 6.96. The largest absolute Gasteiger partial charge is 0.500 e. The lowest BCUT2D eigenvalue weighted by Gasteiger charge is -2.28. The lowest BCUT2D eigenvalue weighted by molar-refractivity contribution is 0.0706. The third-order valence-corrected chi connectivity index (χ3v) is 9.12. The van der Waals surface area contributed by atoms with Crippen molar-refractivity contribution in [2.45, 2.75) is 123 Å². The standard InChI is InChI=1S/C23H49IO3Si/c1-4-25-28(26-5-2,27-6-3)23-21-19-17-15-13-11-9-7-8-10-12-14-16-18-20-22-24/h4-23H2,1-3H3. The molecular formula is C23H49IO3Si. The summed E-state index contributed by atoms with van der Waals surface area (Å²) in [7, 11) is -2.40. The van der Waals surface area contributed by atoms with Gasteiger partial charge in [0, 0.05) is 25.9 Å². The van der Waals surface area contributed by atoms with E-state index in [4.69, 9.17) is 13.3 Å². The predicted molar refractivity (Wildman–Crippen MR) is 134 cm³/mol. The fourth-order valence-electron chi connectivity index (χ4n) is 3.74. The minimum Gasteiger partial charge on any atom is -0.374 e. The number of alkyl halides is 1. The van der Waals surface area contributed by atoms with Crippen LogP contribution in [0.4, 0.5) is 0 Å². The van der Waals surface area contributed by atoms with Crippen LogP contribution in [0, 0.1) is 0 Å². The van der Waals surface area contributed by atoms with Crippen LogP contribution in [-0.4, -0.2) is 33.1 Å². The Kier molecular flexibility index (Phi) is 23.2. The van der Waals surface area contributed by atoms with Crippen LogP contribution in [-0.2, 0) is 13.3 Å². The summed E-state index contributed by atoms with van der Waals surface area (Å²) in [6.07, 6.45) is 21.0. The van der Waals surface area contributed by atoms with Crippen molar-refractivity contribution < 1.29 is 13.3 Å². The quantitative estimate of drug-likeness (QED) is 0.0578. The van der Waals surface area contributed by atoms with Crippen molar-refractivity contribution in [2.24, 2.45) is 0 Å². The minimum absolute atomic E-state index is 0.685. The van der Waals surface area contributed by atoms with Crippen LogP contribution in [0.2, 0.25) is 6.04 Å². The van der Waals surface area contributed by atoms with Crippen LogP contribution in [0.5, 0.6) is 0 Å². The van der Waals surface area contributed by atoms with Crippen LogP contribution in [0.25, 0.3) is 0 Å². The van der Waals surface area contributed by atoms with Gasteiger partial charge in [-0.05, 0) is 38.0 Å². The molecule has 0 N–H and O–H groups in total. The van der Waals surface area contributed by atoms with Gasteiger partial charge in [-0.3, -0.25) is 0 Å². The first-order valence-electron chi connectivity index (χ1n) is 12.2. The first kappa shape index (κ1) is 28.8. The zero-order valence-corrected chi connectivity index (χ0v) is 22.4. The second-order valence-electron chi connectivity index (χ2n) is 7.72. The molecular weight excluding hydrogens is 479 g/mol. The van der Waals surface area contributed by atoms with Gasteiger partial charge in [-0.25, -0.2) is 0 Å². The Bertz CT molecular complexity index is 289. The third-order valence-electron chi connectivity index (χ3n) is 5.21. The molecule has 0 saturated heterocycles. The average Bonchev–Trinajstić information content (AvgIpc) is 2.68. The number of unbranched alkanes of at least 4 members (excludes halogenated alkanes) is 14. The summed E-state index contributed by atoms with van der Waals surface area (Å²) in [5.41, 5.74) is 0. The molecule has 5 heteroatoms. The summed E-state index contributed by atoms with van der Waals surface area (Å²) in [6.45, 7) is 8.16. The maximum absolute atomic E-state index is 5.93. The van der Waals surface area contributed by atoms with E-state index in [0.29, 0.717) is 19.8 Å². The van der Waals surface area contributed by atoms with Gasteiger partial charge in [0.05, 0.1) is 0 Å². The van der Waals surface area contributed by atoms with Crippen molar-refractivity contribution in [3.8, 4) is 0 Å². The summed E-state index contributed by atoms with van der Waals surface area (Å²) in [5.74, 6) is 0. The molecule has 28 heavy (non-hydrogen) atoms. The fraction of sp³-hybridized carbons (Fsp3) is 1.00. The summed E-state index contributed by atoms with van der Waals surface area (Å²) in [4.78, 5) is 0. The SMILES string of the molecule is CCO[Si](CCCCCCCCCCCCCCCCCI)(OCC)OCC. The van der Waals surface area contributed by atoms with Gasteiger partial charge < -0.3 is 13.3 Å². The Balaban J connectivity index is 3.46. The monoisotopic (exact) mass is 528 g/mol. The van der Waals surface area contributed by atoms with Gasteiger partial charge in [0.25, 0.3) is 0 Å². The van der Waals surface area contributed by atoms with Crippen molar-refractivity contribution in [2.75, 3.05) is 24.2 Å². The summed E-state index contributed by atoms with van der Waals surface area (Å²) in [5, 5.41) is 0. The molecule has 0 amide bonds. The lowest BCUT2D eigenvalue weighted by Crippen LogP contribution is -2.45. The number of rotatable bonds is 23. The van der Waals surface area contributed by atoms with Crippen molar-refractivity contribution in [3.63, 3.8) is 0 Å². The maximum Gasteiger partial charge on any atom is 0.500 e. The first-order valence-corrected chi connectivity index (χ1v) is 15.7. The molecule has 0 aliphatic rings. The normalized spacial score (nSPS) is 12.0. The highest BCUT2D eigenvalue weighted by Crippen LogP contribution is 2.21. The van der Waals surface area contributed by atoms with Crippen molar-refractivity contribution in [1.82, 2.24) is 0 Å². The van der Waals surface area contributed by atoms with Crippen LogP contribution >= 0.6 is 22.6 Å². The molecule has 0 saturated carbocycles. The zero-order valence-electron chi connectivity index (χ0n) is 19.2. The predicted octanol–water partition coefficient (Wildman–Crippen LogP) is 8.32. The molecule has 0 heterocycles. The minimum atomic E-state index is -2.40. The molecule has 0 bridgehead atoms. The molecule has 0 fully saturated rings. The van der Waals surface area contributed by atoms with Gasteiger partial charge in [0.15, 0.2) is 0 Å². The van der Waals surface area contributed by atoms with E-state index in [9.17, 15) is 0 Å². The highest BCUT2D eigenvalue weighted by Gasteiger charge is 2.39. The van der Waals surface area contributed by atoms with Crippen LogP contribution < -0.4 is 0 Å². The maximum atomic E-state index is 5.93. The second-order valence-corrected chi connectivity index (χ2v) is 11.5. The molecule has 0 aromatic heterocycles. The molecule has 0 aliphatic heterocycles. The summed E-state index contributed by atoms with van der Waals surface area (Å²) >= 11 is 2.48. The number of hydrogen-bond donors (Lipinski definition) is 0. The van der Waals surface area contributed by atoms with E-state index in [1.165, 1.54) is 101 Å². The molecule has 0 aromatic carbocycles. The number of halogens is 1. The van der Waals surface area contributed by atoms with Gasteiger partial charge in [-0.2, -0.15) is 0 Å². The highest BCUT2D eigenvalue weighted by atomic mass is 127. The van der Waals surface area contributed by atoms with Gasteiger partial charge >= 0.3 is 8.80 Å². The van der Waals surface area contributed by atoms with E-state index in [1.54, 1.807) is 0 Å². The molecule has 0 aromatic rings. The molecule has 0 atom stereocenters. The average molecular weight is 529 g/mol. The Hall–Kier alpha value is 0.827. The Morgan fingerprint density at radius 2 is 0.750 bits per heavy atom. The molecule has 0 unspecified atom stereocenters. The van der Waals surface area contributed by atoms with E-state index in [2.05, 4.69) is 22.6 Å². The molecule has 0 radical (unpaired) electrons. The van der Waals surface area contributed by atoms with E-state index >= 15 is 0 Å². The van der Waals surface area contributed by atoms with Crippen LogP contribution in [0.15, 0.2) is 0 Å². The van der Waals surface area contributed by atoms with Crippen molar-refractivity contribution in [3.05, 3.63) is 0 Å². The summed E-state index contributed by atoms with van der Waals surface area (Å²) in [6, 6.07) is 0.973.